The highest BCUT2D eigenvalue weighted by atomic mass is 15.1. The van der Waals surface area contributed by atoms with Crippen LogP contribution in [0, 0.1) is 0 Å². The maximum Gasteiger partial charge on any atom is 0.157 e. The molecule has 0 spiro atoms. The molecule has 17 heavy (non-hydrogen) atoms. The van der Waals surface area contributed by atoms with Crippen LogP contribution in [0.5, 0.6) is 0 Å². The number of para-hydroxylation sites is 2. The molecule has 2 heterocycles. The first-order valence-corrected chi connectivity index (χ1v) is 5.63. The van der Waals surface area contributed by atoms with Crippen molar-refractivity contribution in [1.82, 2.24) is 19.5 Å². The highest BCUT2D eigenvalue weighted by molar-refractivity contribution is 5.74. The zero-order chi connectivity index (χ0) is 11.7. The van der Waals surface area contributed by atoms with Gasteiger partial charge in [0, 0.05) is 18.8 Å². The van der Waals surface area contributed by atoms with Gasteiger partial charge in [0.15, 0.2) is 5.82 Å². The number of aryl methyl sites for hydroxylation is 1. The molecule has 0 N–H and O–H groups in total. The van der Waals surface area contributed by atoms with E-state index in [9.17, 15) is 0 Å². The lowest BCUT2D eigenvalue weighted by molar-refractivity contribution is 0.867. The van der Waals surface area contributed by atoms with Crippen molar-refractivity contribution in [3.8, 4) is 5.82 Å². The predicted molar refractivity (Wildman–Crippen MR) is 66.0 cm³/mol. The number of benzene rings is 1. The summed E-state index contributed by atoms with van der Waals surface area (Å²) in [6, 6.07) is 7.86. The van der Waals surface area contributed by atoms with Crippen molar-refractivity contribution >= 4 is 11.0 Å². The third-order valence-electron chi connectivity index (χ3n) is 2.72. The van der Waals surface area contributed by atoms with Gasteiger partial charge in [0.05, 0.1) is 17.2 Å². The molecular formula is C13H12N4. The van der Waals surface area contributed by atoms with Gasteiger partial charge in [-0.15, -0.1) is 0 Å². The Morgan fingerprint density at radius 1 is 1.12 bits per heavy atom. The second kappa shape index (κ2) is 3.97. The molecule has 0 fully saturated rings. The van der Waals surface area contributed by atoms with Crippen molar-refractivity contribution in [3.05, 3.63) is 48.7 Å². The van der Waals surface area contributed by atoms with E-state index in [4.69, 9.17) is 0 Å². The van der Waals surface area contributed by atoms with E-state index >= 15 is 0 Å². The van der Waals surface area contributed by atoms with E-state index in [1.165, 1.54) is 0 Å². The zero-order valence-electron chi connectivity index (χ0n) is 9.54. The molecule has 0 amide bonds. The van der Waals surface area contributed by atoms with E-state index in [0.29, 0.717) is 0 Å². The molecule has 4 nitrogen and oxygen atoms in total. The van der Waals surface area contributed by atoms with Gasteiger partial charge in [-0.05, 0) is 12.1 Å². The first-order chi connectivity index (χ1) is 8.38. The average molecular weight is 224 g/mol. The minimum absolute atomic E-state index is 0.818. The Morgan fingerprint density at radius 2 is 1.94 bits per heavy atom. The fraction of sp³-hybridized carbons (Fsp3) is 0.154. The second-order valence-electron chi connectivity index (χ2n) is 3.78. The topological polar surface area (TPSA) is 43.6 Å². The van der Waals surface area contributed by atoms with Crippen molar-refractivity contribution in [2.75, 3.05) is 0 Å². The SMILES string of the molecule is CCc1nccn1-c1cnc2ccccc2n1. The highest BCUT2D eigenvalue weighted by Crippen LogP contribution is 2.13. The zero-order valence-corrected chi connectivity index (χ0v) is 9.54. The fourth-order valence-corrected chi connectivity index (χ4v) is 1.87. The van der Waals surface area contributed by atoms with Gasteiger partial charge in [-0.3, -0.25) is 9.55 Å². The van der Waals surface area contributed by atoms with Crippen LogP contribution in [0.15, 0.2) is 42.9 Å². The van der Waals surface area contributed by atoms with Gasteiger partial charge < -0.3 is 0 Å². The van der Waals surface area contributed by atoms with Crippen molar-refractivity contribution in [2.24, 2.45) is 0 Å². The number of hydrogen-bond donors (Lipinski definition) is 0. The summed E-state index contributed by atoms with van der Waals surface area (Å²) >= 11 is 0. The summed E-state index contributed by atoms with van der Waals surface area (Å²) in [6.07, 6.45) is 6.36. The van der Waals surface area contributed by atoms with Crippen LogP contribution in [0.2, 0.25) is 0 Å². The van der Waals surface area contributed by atoms with Crippen LogP contribution in [0.1, 0.15) is 12.7 Å². The Labute approximate surface area is 99.0 Å². The normalized spacial score (nSPS) is 10.9. The maximum absolute atomic E-state index is 4.59. The molecule has 0 aliphatic carbocycles. The number of nitrogens with zero attached hydrogens (tertiary/aromatic N) is 4. The summed E-state index contributed by atoms with van der Waals surface area (Å²) in [6.45, 7) is 2.08. The van der Waals surface area contributed by atoms with Crippen LogP contribution >= 0.6 is 0 Å². The average Bonchev–Trinajstić information content (AvgIpc) is 2.86. The number of aromatic nitrogens is 4. The molecule has 84 valence electrons. The molecule has 0 aliphatic rings. The van der Waals surface area contributed by atoms with E-state index in [0.717, 1.165) is 29.1 Å². The molecule has 3 aromatic rings. The monoisotopic (exact) mass is 224 g/mol. The molecule has 0 saturated heterocycles. The molecule has 0 unspecified atom stereocenters. The van der Waals surface area contributed by atoms with E-state index in [2.05, 4.69) is 21.9 Å². The van der Waals surface area contributed by atoms with Gasteiger partial charge in [0.1, 0.15) is 5.82 Å². The molecule has 3 rings (SSSR count). The van der Waals surface area contributed by atoms with Gasteiger partial charge >= 0.3 is 0 Å². The van der Waals surface area contributed by atoms with E-state index in [1.54, 1.807) is 12.4 Å². The Balaban J connectivity index is 2.18. The molecule has 4 heteroatoms. The molecular weight excluding hydrogens is 212 g/mol. The summed E-state index contributed by atoms with van der Waals surface area (Å²) in [4.78, 5) is 13.3. The van der Waals surface area contributed by atoms with Gasteiger partial charge in [-0.2, -0.15) is 0 Å². The third-order valence-corrected chi connectivity index (χ3v) is 2.72. The first-order valence-electron chi connectivity index (χ1n) is 5.63. The Bertz CT molecular complexity index is 657. The Morgan fingerprint density at radius 3 is 2.76 bits per heavy atom. The van der Waals surface area contributed by atoms with E-state index < -0.39 is 0 Å². The summed E-state index contributed by atoms with van der Waals surface area (Å²) in [5, 5.41) is 0. The molecule has 0 radical (unpaired) electrons. The molecule has 0 aliphatic heterocycles. The van der Waals surface area contributed by atoms with Crippen LogP contribution in [0.25, 0.3) is 16.9 Å². The highest BCUT2D eigenvalue weighted by Gasteiger charge is 2.05. The lowest BCUT2D eigenvalue weighted by Gasteiger charge is -2.05. The summed E-state index contributed by atoms with van der Waals surface area (Å²) in [7, 11) is 0. The minimum Gasteiger partial charge on any atom is -0.287 e. The van der Waals surface area contributed by atoms with Crippen LogP contribution < -0.4 is 0 Å². The molecule has 0 bridgehead atoms. The number of fused-ring (bicyclic) bond motifs is 1. The van der Waals surface area contributed by atoms with Crippen LogP contribution in [0.4, 0.5) is 0 Å². The molecule has 0 atom stereocenters. The number of hydrogen-bond acceptors (Lipinski definition) is 3. The lowest BCUT2D eigenvalue weighted by atomic mass is 10.3. The quantitative estimate of drug-likeness (QED) is 0.671. The summed E-state index contributed by atoms with van der Waals surface area (Å²) < 4.78 is 1.97. The van der Waals surface area contributed by atoms with Crippen molar-refractivity contribution < 1.29 is 0 Å². The second-order valence-corrected chi connectivity index (χ2v) is 3.78. The van der Waals surface area contributed by atoms with E-state index in [-0.39, 0.29) is 0 Å². The van der Waals surface area contributed by atoms with Gasteiger partial charge in [-0.25, -0.2) is 9.97 Å². The lowest BCUT2D eigenvalue weighted by Crippen LogP contribution is -2.02. The summed E-state index contributed by atoms with van der Waals surface area (Å²) in [5.74, 6) is 1.81. The van der Waals surface area contributed by atoms with E-state index in [1.807, 2.05) is 35.0 Å². The molecule has 2 aromatic heterocycles. The standard InChI is InChI=1S/C13H12N4/c1-2-12-14-7-8-17(12)13-9-15-10-5-3-4-6-11(10)16-13/h3-9H,2H2,1H3. The number of imidazole rings is 1. The number of rotatable bonds is 2. The Hall–Kier alpha value is -2.23. The van der Waals surface area contributed by atoms with Gasteiger partial charge in [-0.1, -0.05) is 19.1 Å². The molecule has 1 aromatic carbocycles. The van der Waals surface area contributed by atoms with Crippen molar-refractivity contribution in [3.63, 3.8) is 0 Å². The molecule has 0 saturated carbocycles. The fourth-order valence-electron chi connectivity index (χ4n) is 1.87. The van der Waals surface area contributed by atoms with Crippen LogP contribution in [-0.4, -0.2) is 19.5 Å². The van der Waals surface area contributed by atoms with Crippen molar-refractivity contribution in [2.45, 2.75) is 13.3 Å². The third kappa shape index (κ3) is 1.67. The Kier molecular flexibility index (Phi) is 2.33. The first kappa shape index (κ1) is 9.96. The van der Waals surface area contributed by atoms with Crippen LogP contribution in [-0.2, 0) is 6.42 Å². The maximum atomic E-state index is 4.59. The predicted octanol–water partition coefficient (Wildman–Crippen LogP) is 2.38. The largest absolute Gasteiger partial charge is 0.287 e. The minimum atomic E-state index is 0.818. The van der Waals surface area contributed by atoms with Crippen LogP contribution in [0.3, 0.4) is 0 Å². The van der Waals surface area contributed by atoms with Gasteiger partial charge in [0.2, 0.25) is 0 Å². The smallest absolute Gasteiger partial charge is 0.157 e. The van der Waals surface area contributed by atoms with Crippen molar-refractivity contribution in [1.29, 1.82) is 0 Å². The summed E-state index contributed by atoms with van der Waals surface area (Å²) in [5.41, 5.74) is 1.81. The van der Waals surface area contributed by atoms with Gasteiger partial charge in [0.25, 0.3) is 0 Å².